The average Bonchev–Trinajstić information content (AvgIpc) is 3.27. The Morgan fingerprint density at radius 2 is 1.96 bits per heavy atom. The van der Waals surface area contributed by atoms with Crippen molar-refractivity contribution in [3.05, 3.63) is 65.9 Å². The van der Waals surface area contributed by atoms with Gasteiger partial charge in [-0.1, -0.05) is 48.5 Å². The van der Waals surface area contributed by atoms with Gasteiger partial charge in [-0.3, -0.25) is 4.79 Å². The first-order valence-corrected chi connectivity index (χ1v) is 8.43. The molecule has 0 saturated carbocycles. The number of aromatic nitrogens is 5. The van der Waals surface area contributed by atoms with E-state index >= 15 is 0 Å². The maximum absolute atomic E-state index is 12.1. The molecule has 2 N–H and O–H groups in total. The van der Waals surface area contributed by atoms with E-state index in [4.69, 9.17) is 0 Å². The van der Waals surface area contributed by atoms with Crippen molar-refractivity contribution in [2.75, 3.05) is 0 Å². The van der Waals surface area contributed by atoms with Crippen LogP contribution in [0.4, 0.5) is 0 Å². The van der Waals surface area contributed by atoms with Crippen LogP contribution in [0.3, 0.4) is 0 Å². The quantitative estimate of drug-likeness (QED) is 0.422. The number of hydrazone groups is 1. The number of aryl methyl sites for hydroxylation is 1. The van der Waals surface area contributed by atoms with E-state index in [2.05, 4.69) is 30.9 Å². The number of hydrogen-bond acceptors (Lipinski definition) is 5. The summed E-state index contributed by atoms with van der Waals surface area (Å²) in [4.78, 5) is 16.6. The van der Waals surface area contributed by atoms with Gasteiger partial charge in [0, 0.05) is 27.7 Å². The van der Waals surface area contributed by atoms with Crippen LogP contribution < -0.4 is 5.43 Å². The van der Waals surface area contributed by atoms with Gasteiger partial charge in [-0.05, 0) is 18.2 Å². The smallest absolute Gasteiger partial charge is 0.263 e. The zero-order valence-electron chi connectivity index (χ0n) is 14.6. The molecule has 0 radical (unpaired) electrons. The van der Waals surface area contributed by atoms with Gasteiger partial charge in [-0.25, -0.2) is 5.43 Å². The zero-order chi connectivity index (χ0) is 18.6. The molecule has 4 rings (SSSR count). The van der Waals surface area contributed by atoms with Crippen LogP contribution in [0.2, 0.25) is 0 Å². The van der Waals surface area contributed by atoms with Gasteiger partial charge in [0.15, 0.2) is 0 Å². The maximum Gasteiger partial charge on any atom is 0.263 e. The van der Waals surface area contributed by atoms with E-state index < -0.39 is 0 Å². The molecule has 0 saturated heterocycles. The van der Waals surface area contributed by atoms with Crippen LogP contribution in [-0.4, -0.2) is 37.3 Å². The van der Waals surface area contributed by atoms with Crippen LogP contribution >= 0.6 is 0 Å². The number of hydrogen-bond donors (Lipinski definition) is 2. The summed E-state index contributed by atoms with van der Waals surface area (Å²) in [7, 11) is 0. The van der Waals surface area contributed by atoms with Crippen LogP contribution in [0.15, 0.2) is 59.7 Å². The highest BCUT2D eigenvalue weighted by Gasteiger charge is 2.09. The molecule has 8 heteroatoms. The summed E-state index contributed by atoms with van der Waals surface area (Å²) in [6.07, 6.45) is 1.64. The first kappa shape index (κ1) is 16.6. The topological polar surface area (TPSA) is 101 Å². The lowest BCUT2D eigenvalue weighted by atomic mass is 10.1. The molecule has 0 aliphatic heterocycles. The van der Waals surface area contributed by atoms with Crippen molar-refractivity contribution in [3.8, 4) is 11.4 Å². The number of benzene rings is 2. The third-order valence-electron chi connectivity index (χ3n) is 4.10. The number of aromatic amines is 1. The predicted molar refractivity (Wildman–Crippen MR) is 102 cm³/mol. The van der Waals surface area contributed by atoms with Crippen molar-refractivity contribution in [3.63, 3.8) is 0 Å². The standard InChI is InChI=1S/C19H17N7O/c1-13-16(15-9-5-6-10-17(15)21-13)11-20-22-18(27)12-26-24-19(23-25-26)14-7-3-2-4-8-14/h2-11,21H,12H2,1H3,(H,22,27)/b20-11+. The van der Waals surface area contributed by atoms with Gasteiger partial charge in [0.25, 0.3) is 5.91 Å². The van der Waals surface area contributed by atoms with Gasteiger partial charge in [-0.15, -0.1) is 10.2 Å². The number of para-hydroxylation sites is 1. The molecule has 0 aliphatic rings. The van der Waals surface area contributed by atoms with Gasteiger partial charge in [-0.2, -0.15) is 9.90 Å². The normalized spacial score (nSPS) is 11.3. The Hall–Kier alpha value is -3.81. The molecule has 0 unspecified atom stereocenters. The van der Waals surface area contributed by atoms with Gasteiger partial charge in [0.05, 0.1) is 6.21 Å². The van der Waals surface area contributed by atoms with E-state index in [0.29, 0.717) is 5.82 Å². The number of tetrazole rings is 1. The van der Waals surface area contributed by atoms with Crippen molar-refractivity contribution >= 4 is 23.0 Å². The van der Waals surface area contributed by atoms with E-state index in [1.165, 1.54) is 4.80 Å². The molecule has 1 amide bonds. The van der Waals surface area contributed by atoms with E-state index in [1.807, 2.05) is 61.5 Å². The lowest BCUT2D eigenvalue weighted by Gasteiger charge is -1.98. The fourth-order valence-corrected chi connectivity index (χ4v) is 2.81. The number of rotatable bonds is 5. The molecule has 0 bridgehead atoms. The van der Waals surface area contributed by atoms with Crippen molar-refractivity contribution in [1.29, 1.82) is 0 Å². The highest BCUT2D eigenvalue weighted by atomic mass is 16.2. The number of fused-ring (bicyclic) bond motifs is 1. The van der Waals surface area contributed by atoms with Gasteiger partial charge in [0.1, 0.15) is 6.54 Å². The Balaban J connectivity index is 1.41. The summed E-state index contributed by atoms with van der Waals surface area (Å²) >= 11 is 0. The largest absolute Gasteiger partial charge is 0.358 e. The molecule has 2 aromatic heterocycles. The fourth-order valence-electron chi connectivity index (χ4n) is 2.81. The minimum Gasteiger partial charge on any atom is -0.358 e. The minimum atomic E-state index is -0.333. The van der Waals surface area contributed by atoms with Crippen molar-refractivity contribution in [1.82, 2.24) is 30.6 Å². The Labute approximate surface area is 154 Å². The second-order valence-corrected chi connectivity index (χ2v) is 6.01. The molecule has 27 heavy (non-hydrogen) atoms. The molecule has 2 aromatic carbocycles. The molecular weight excluding hydrogens is 342 g/mol. The lowest BCUT2D eigenvalue weighted by molar-refractivity contribution is -0.122. The number of nitrogens with zero attached hydrogens (tertiary/aromatic N) is 5. The van der Waals surface area contributed by atoms with Crippen LogP contribution in [0.25, 0.3) is 22.3 Å². The highest BCUT2D eigenvalue weighted by Crippen LogP contribution is 2.19. The Kier molecular flexibility index (Phi) is 4.44. The van der Waals surface area contributed by atoms with E-state index in [1.54, 1.807) is 6.21 Å². The number of nitrogens with one attached hydrogen (secondary N) is 2. The van der Waals surface area contributed by atoms with Gasteiger partial charge in [0.2, 0.25) is 5.82 Å². The Bertz CT molecular complexity index is 1110. The lowest BCUT2D eigenvalue weighted by Crippen LogP contribution is -2.24. The van der Waals surface area contributed by atoms with E-state index in [0.717, 1.165) is 27.7 Å². The molecule has 134 valence electrons. The summed E-state index contributed by atoms with van der Waals surface area (Å²) in [6.45, 7) is 1.90. The Morgan fingerprint density at radius 1 is 1.19 bits per heavy atom. The Morgan fingerprint density at radius 3 is 2.81 bits per heavy atom. The summed E-state index contributed by atoms with van der Waals surface area (Å²) in [5.74, 6) is 0.141. The summed E-state index contributed by atoms with van der Waals surface area (Å²) in [6, 6.07) is 17.4. The molecule has 0 aliphatic carbocycles. The number of H-pyrrole nitrogens is 1. The second-order valence-electron chi connectivity index (χ2n) is 6.01. The van der Waals surface area contributed by atoms with Gasteiger partial charge >= 0.3 is 0 Å². The molecule has 8 nitrogen and oxygen atoms in total. The minimum absolute atomic E-state index is 0.0654. The molecular formula is C19H17N7O. The molecule has 2 heterocycles. The van der Waals surface area contributed by atoms with Crippen LogP contribution in [0.5, 0.6) is 0 Å². The molecule has 0 spiro atoms. The second kappa shape index (κ2) is 7.20. The van der Waals surface area contributed by atoms with Crippen molar-refractivity contribution in [2.24, 2.45) is 5.10 Å². The predicted octanol–water partition coefficient (Wildman–Crippen LogP) is 2.28. The summed E-state index contributed by atoms with van der Waals surface area (Å²) < 4.78 is 0. The van der Waals surface area contributed by atoms with Crippen molar-refractivity contribution < 1.29 is 4.79 Å². The SMILES string of the molecule is Cc1[nH]c2ccccc2c1/C=N/NC(=O)Cn1nnc(-c2ccccc2)n1. The summed E-state index contributed by atoms with van der Waals surface area (Å²) in [5, 5.41) is 17.2. The molecule has 0 fully saturated rings. The average molecular weight is 359 g/mol. The molecule has 4 aromatic rings. The first-order chi connectivity index (χ1) is 13.2. The fraction of sp³-hybridized carbons (Fsp3) is 0.105. The monoisotopic (exact) mass is 359 g/mol. The zero-order valence-corrected chi connectivity index (χ0v) is 14.6. The van der Waals surface area contributed by atoms with Gasteiger partial charge < -0.3 is 4.98 Å². The van der Waals surface area contributed by atoms with E-state index in [-0.39, 0.29) is 12.5 Å². The number of amides is 1. The third-order valence-corrected chi connectivity index (χ3v) is 4.10. The summed E-state index contributed by atoms with van der Waals surface area (Å²) in [5.41, 5.74) is 6.30. The van der Waals surface area contributed by atoms with Crippen LogP contribution in [0.1, 0.15) is 11.3 Å². The molecule has 0 atom stereocenters. The maximum atomic E-state index is 12.1. The number of carbonyl (C=O) groups is 1. The van der Waals surface area contributed by atoms with Crippen LogP contribution in [-0.2, 0) is 11.3 Å². The first-order valence-electron chi connectivity index (χ1n) is 8.43. The van der Waals surface area contributed by atoms with E-state index in [9.17, 15) is 4.79 Å². The highest BCUT2D eigenvalue weighted by molar-refractivity contribution is 6.00. The number of carbonyl (C=O) groups excluding carboxylic acids is 1. The van der Waals surface area contributed by atoms with Crippen LogP contribution in [0, 0.1) is 6.92 Å². The third kappa shape index (κ3) is 3.59. The van der Waals surface area contributed by atoms with Crippen molar-refractivity contribution in [2.45, 2.75) is 13.5 Å².